The smallest absolute Gasteiger partial charge is 0.225 e. The van der Waals surface area contributed by atoms with Gasteiger partial charge in [-0.25, -0.2) is 0 Å². The van der Waals surface area contributed by atoms with Gasteiger partial charge in [0, 0.05) is 24.0 Å². The van der Waals surface area contributed by atoms with E-state index in [9.17, 15) is 4.79 Å². The highest BCUT2D eigenvalue weighted by atomic mass is 35.5. The third-order valence-electron chi connectivity index (χ3n) is 4.61. The van der Waals surface area contributed by atoms with Crippen LogP contribution in [0.2, 0.25) is 5.02 Å². The molecule has 0 unspecified atom stereocenters. The summed E-state index contributed by atoms with van der Waals surface area (Å²) in [7, 11) is 5.87. The number of carbonyl (C=O) groups excluding carboxylic acids is 1. The fourth-order valence-electron chi connectivity index (χ4n) is 3.13. The van der Waals surface area contributed by atoms with Crippen molar-refractivity contribution in [2.45, 2.75) is 31.7 Å². The summed E-state index contributed by atoms with van der Waals surface area (Å²) in [5.74, 6) is 0.611. The van der Waals surface area contributed by atoms with E-state index in [0.717, 1.165) is 26.1 Å². The number of halogens is 1. The summed E-state index contributed by atoms with van der Waals surface area (Å²) in [4.78, 5) is 16.9. The second-order valence-corrected chi connectivity index (χ2v) is 6.97. The van der Waals surface area contributed by atoms with E-state index >= 15 is 0 Å². The minimum absolute atomic E-state index is 0.0102. The number of carbonyl (C=O) groups is 1. The molecule has 1 N–H and O–H groups in total. The Kier molecular flexibility index (Phi) is 7.34. The van der Waals surface area contributed by atoms with Gasteiger partial charge < -0.3 is 19.9 Å². The molecule has 6 heteroatoms. The van der Waals surface area contributed by atoms with Gasteiger partial charge in [-0.05, 0) is 64.6 Å². The molecule has 1 saturated heterocycles. The molecular formula is C18H28ClN3O2. The number of amides is 1. The Morgan fingerprint density at radius 3 is 2.88 bits per heavy atom. The Balaban J connectivity index is 1.82. The van der Waals surface area contributed by atoms with Gasteiger partial charge in [0.1, 0.15) is 5.75 Å². The lowest BCUT2D eigenvalue weighted by atomic mass is 10.1. The standard InChI is InChI=1S/C18H28ClN3O2/c1-21(2)15-5-4-10-22(11-8-15)12-9-18(23)20-16-13-14(19)6-7-17(16)24-3/h6-7,13,15H,4-5,8-12H2,1-3H3,(H,20,23)/t15-/m1/s1. The zero-order valence-corrected chi connectivity index (χ0v) is 15.6. The van der Waals surface area contributed by atoms with Crippen molar-refractivity contribution in [1.29, 1.82) is 0 Å². The van der Waals surface area contributed by atoms with E-state index in [1.807, 2.05) is 0 Å². The van der Waals surface area contributed by atoms with Crippen molar-refractivity contribution >= 4 is 23.2 Å². The van der Waals surface area contributed by atoms with E-state index in [1.54, 1.807) is 25.3 Å². The summed E-state index contributed by atoms with van der Waals surface area (Å²) in [6.45, 7) is 2.91. The van der Waals surface area contributed by atoms with E-state index in [0.29, 0.717) is 28.9 Å². The van der Waals surface area contributed by atoms with E-state index in [1.165, 1.54) is 12.8 Å². The lowest BCUT2D eigenvalue weighted by molar-refractivity contribution is -0.116. The molecular weight excluding hydrogens is 326 g/mol. The molecule has 1 fully saturated rings. The quantitative estimate of drug-likeness (QED) is 0.853. The summed E-state index contributed by atoms with van der Waals surface area (Å²) >= 11 is 5.99. The van der Waals surface area contributed by atoms with Crippen LogP contribution in [-0.2, 0) is 4.79 Å². The first kappa shape index (κ1) is 19.0. The molecule has 134 valence electrons. The van der Waals surface area contributed by atoms with Crippen LogP contribution in [0.4, 0.5) is 5.69 Å². The molecule has 0 spiro atoms. The predicted octanol–water partition coefficient (Wildman–Crippen LogP) is 3.09. The summed E-state index contributed by atoms with van der Waals surface area (Å²) in [6.07, 6.45) is 4.06. The molecule has 0 aromatic heterocycles. The summed E-state index contributed by atoms with van der Waals surface area (Å²) in [6, 6.07) is 5.87. The minimum atomic E-state index is -0.0102. The Morgan fingerprint density at radius 2 is 2.17 bits per heavy atom. The fourth-order valence-corrected chi connectivity index (χ4v) is 3.30. The summed E-state index contributed by atoms with van der Waals surface area (Å²) in [5.41, 5.74) is 0.624. The van der Waals surface area contributed by atoms with Gasteiger partial charge in [-0.1, -0.05) is 11.6 Å². The number of nitrogens with one attached hydrogen (secondary N) is 1. The van der Waals surface area contributed by atoms with Crippen molar-refractivity contribution in [3.63, 3.8) is 0 Å². The Hall–Kier alpha value is -1.30. The van der Waals surface area contributed by atoms with Crippen LogP contribution >= 0.6 is 11.6 Å². The number of hydrogen-bond acceptors (Lipinski definition) is 4. The van der Waals surface area contributed by atoms with Crippen molar-refractivity contribution in [2.24, 2.45) is 0 Å². The van der Waals surface area contributed by atoms with E-state index < -0.39 is 0 Å². The van der Waals surface area contributed by atoms with Gasteiger partial charge in [-0.2, -0.15) is 0 Å². The third-order valence-corrected chi connectivity index (χ3v) is 4.85. The van der Waals surface area contributed by atoms with Crippen molar-refractivity contribution < 1.29 is 9.53 Å². The van der Waals surface area contributed by atoms with Crippen LogP contribution in [0.5, 0.6) is 5.75 Å². The van der Waals surface area contributed by atoms with Crippen molar-refractivity contribution in [3.8, 4) is 5.75 Å². The number of ether oxygens (including phenoxy) is 1. The zero-order chi connectivity index (χ0) is 17.5. The number of likely N-dealkylation sites (tertiary alicyclic amines) is 1. The van der Waals surface area contributed by atoms with E-state index in [4.69, 9.17) is 16.3 Å². The number of rotatable bonds is 6. The monoisotopic (exact) mass is 353 g/mol. The molecule has 24 heavy (non-hydrogen) atoms. The molecule has 1 aliphatic rings. The molecule has 0 aliphatic carbocycles. The van der Waals surface area contributed by atoms with Gasteiger partial charge in [-0.15, -0.1) is 0 Å². The molecule has 1 heterocycles. The first-order valence-electron chi connectivity index (χ1n) is 8.51. The first-order chi connectivity index (χ1) is 11.5. The predicted molar refractivity (Wildman–Crippen MR) is 99.0 cm³/mol. The molecule has 1 aromatic carbocycles. The number of methoxy groups -OCH3 is 1. The van der Waals surface area contributed by atoms with E-state index in [2.05, 4.69) is 29.2 Å². The normalized spacial score (nSPS) is 19.1. The van der Waals surface area contributed by atoms with Crippen LogP contribution in [0.15, 0.2) is 18.2 Å². The zero-order valence-electron chi connectivity index (χ0n) is 14.8. The number of hydrogen-bond donors (Lipinski definition) is 1. The number of anilines is 1. The second-order valence-electron chi connectivity index (χ2n) is 6.53. The van der Waals surface area contributed by atoms with Gasteiger partial charge >= 0.3 is 0 Å². The molecule has 0 saturated carbocycles. The molecule has 2 rings (SSSR count). The molecule has 1 amide bonds. The average molecular weight is 354 g/mol. The Bertz CT molecular complexity index is 551. The molecule has 1 aromatic rings. The SMILES string of the molecule is COc1ccc(Cl)cc1NC(=O)CCN1CCC[C@@H](N(C)C)CC1. The van der Waals surface area contributed by atoms with Crippen LogP contribution in [0.25, 0.3) is 0 Å². The molecule has 1 aliphatic heterocycles. The highest BCUT2D eigenvalue weighted by Gasteiger charge is 2.19. The lowest BCUT2D eigenvalue weighted by Crippen LogP contribution is -2.31. The fraction of sp³-hybridized carbons (Fsp3) is 0.611. The summed E-state index contributed by atoms with van der Waals surface area (Å²) in [5, 5.41) is 3.48. The topological polar surface area (TPSA) is 44.8 Å². The van der Waals surface area contributed by atoms with Gasteiger partial charge in [-0.3, -0.25) is 4.79 Å². The first-order valence-corrected chi connectivity index (χ1v) is 8.89. The number of nitrogens with zero attached hydrogens (tertiary/aromatic N) is 2. The van der Waals surface area contributed by atoms with Crippen LogP contribution in [0.1, 0.15) is 25.7 Å². The van der Waals surface area contributed by atoms with Gasteiger partial charge in [0.05, 0.1) is 12.8 Å². The summed E-state index contributed by atoms with van der Waals surface area (Å²) < 4.78 is 5.26. The van der Waals surface area contributed by atoms with Crippen LogP contribution in [0, 0.1) is 0 Å². The second kappa shape index (κ2) is 9.25. The van der Waals surface area contributed by atoms with Gasteiger partial charge in [0.2, 0.25) is 5.91 Å². The average Bonchev–Trinajstić information content (AvgIpc) is 2.79. The van der Waals surface area contributed by atoms with Crippen LogP contribution in [-0.4, -0.2) is 62.6 Å². The molecule has 0 radical (unpaired) electrons. The lowest BCUT2D eigenvalue weighted by Gasteiger charge is -2.23. The molecule has 0 bridgehead atoms. The highest BCUT2D eigenvalue weighted by molar-refractivity contribution is 6.31. The third kappa shape index (κ3) is 5.65. The van der Waals surface area contributed by atoms with Gasteiger partial charge in [0.25, 0.3) is 0 Å². The van der Waals surface area contributed by atoms with E-state index in [-0.39, 0.29) is 5.91 Å². The van der Waals surface area contributed by atoms with Crippen LogP contribution < -0.4 is 10.1 Å². The van der Waals surface area contributed by atoms with Crippen LogP contribution in [0.3, 0.4) is 0 Å². The largest absolute Gasteiger partial charge is 0.495 e. The Morgan fingerprint density at radius 1 is 1.38 bits per heavy atom. The van der Waals surface area contributed by atoms with Gasteiger partial charge in [0.15, 0.2) is 0 Å². The maximum Gasteiger partial charge on any atom is 0.225 e. The molecule has 1 atom stereocenters. The Labute approximate surface area is 149 Å². The maximum atomic E-state index is 12.2. The minimum Gasteiger partial charge on any atom is -0.495 e. The number of benzene rings is 1. The van der Waals surface area contributed by atoms with Crippen molar-refractivity contribution in [2.75, 3.05) is 46.2 Å². The highest BCUT2D eigenvalue weighted by Crippen LogP contribution is 2.27. The van der Waals surface area contributed by atoms with Crippen molar-refractivity contribution in [1.82, 2.24) is 9.80 Å². The molecule has 5 nitrogen and oxygen atoms in total. The maximum absolute atomic E-state index is 12.2. The van der Waals surface area contributed by atoms with Crippen molar-refractivity contribution in [3.05, 3.63) is 23.2 Å².